The van der Waals surface area contributed by atoms with Gasteiger partial charge in [0.2, 0.25) is 11.1 Å². The molecule has 0 spiro atoms. The Morgan fingerprint density at radius 1 is 0.975 bits per heavy atom. The zero-order chi connectivity index (χ0) is 26.8. The lowest BCUT2D eigenvalue weighted by atomic mass is 9.98. The quantitative estimate of drug-likeness (QED) is 0.175. The predicted molar refractivity (Wildman–Crippen MR) is 155 cm³/mol. The summed E-state index contributed by atoms with van der Waals surface area (Å²) in [5.41, 5.74) is 9.70. The molecule has 3 heterocycles. The van der Waals surface area contributed by atoms with Crippen LogP contribution in [0.15, 0.2) is 107 Å². The predicted octanol–water partition coefficient (Wildman–Crippen LogP) is 4.28. The molecule has 1 aromatic heterocycles. The van der Waals surface area contributed by atoms with Gasteiger partial charge < -0.3 is 10.5 Å². The number of nitrogens with one attached hydrogen (secondary N) is 1. The third-order valence-corrected chi connectivity index (χ3v) is 9.13. The van der Waals surface area contributed by atoms with Gasteiger partial charge in [0.1, 0.15) is 17.1 Å². The molecule has 1 fully saturated rings. The van der Waals surface area contributed by atoms with Gasteiger partial charge in [-0.2, -0.15) is 5.21 Å². The van der Waals surface area contributed by atoms with Crippen LogP contribution in [0.4, 0.5) is 0 Å². The molecular formula is C28H25ClN6O3S2. The molecule has 204 valence electrons. The lowest BCUT2D eigenvalue weighted by Gasteiger charge is -2.49. The summed E-state index contributed by atoms with van der Waals surface area (Å²) in [6.45, 7) is 0. The summed E-state index contributed by atoms with van der Waals surface area (Å²) in [7, 11) is 0. The van der Waals surface area contributed by atoms with E-state index in [4.69, 9.17) is 10.5 Å². The third-order valence-electron chi connectivity index (χ3n) is 6.63. The second-order valence-electron chi connectivity index (χ2n) is 9.02. The number of H-pyrrole nitrogens is 1. The van der Waals surface area contributed by atoms with Gasteiger partial charge in [-0.05, 0) is 27.5 Å². The fourth-order valence-corrected chi connectivity index (χ4v) is 7.22. The molecule has 3 N–H and O–H groups in total. The van der Waals surface area contributed by atoms with Gasteiger partial charge in [0.25, 0.3) is 0 Å². The second-order valence-corrected chi connectivity index (χ2v) is 11.2. The van der Waals surface area contributed by atoms with Crippen molar-refractivity contribution in [1.29, 1.82) is 0 Å². The highest BCUT2D eigenvalue weighted by Gasteiger charge is 2.53. The molecule has 2 aliphatic rings. The van der Waals surface area contributed by atoms with E-state index < -0.39 is 18.1 Å². The lowest BCUT2D eigenvalue weighted by molar-refractivity contribution is -0.153. The van der Waals surface area contributed by atoms with E-state index in [1.807, 2.05) is 91.0 Å². The van der Waals surface area contributed by atoms with Gasteiger partial charge >= 0.3 is 5.97 Å². The fourth-order valence-electron chi connectivity index (χ4n) is 4.75. The van der Waals surface area contributed by atoms with Gasteiger partial charge in [0.05, 0.1) is 5.25 Å². The first-order chi connectivity index (χ1) is 19.1. The number of halogens is 1. The molecule has 40 heavy (non-hydrogen) atoms. The number of fused-ring (bicyclic) bond motifs is 1. The summed E-state index contributed by atoms with van der Waals surface area (Å²) in [6, 6.07) is 28.2. The topological polar surface area (TPSA) is 127 Å². The van der Waals surface area contributed by atoms with E-state index in [1.54, 1.807) is 0 Å². The first-order valence-corrected chi connectivity index (χ1v) is 14.2. The van der Waals surface area contributed by atoms with Crippen molar-refractivity contribution in [3.63, 3.8) is 0 Å². The van der Waals surface area contributed by atoms with Crippen LogP contribution < -0.4 is 5.73 Å². The largest absolute Gasteiger partial charge is 0.448 e. The van der Waals surface area contributed by atoms with E-state index >= 15 is 0 Å². The molecule has 1 amide bonds. The van der Waals surface area contributed by atoms with Crippen molar-refractivity contribution in [2.45, 2.75) is 27.9 Å². The first kappa shape index (κ1) is 27.9. The van der Waals surface area contributed by atoms with Crippen molar-refractivity contribution >= 4 is 47.8 Å². The van der Waals surface area contributed by atoms with E-state index in [-0.39, 0.29) is 34.6 Å². The molecule has 0 bridgehead atoms. The average Bonchev–Trinajstić information content (AvgIpc) is 3.52. The molecule has 3 atom stereocenters. The minimum Gasteiger partial charge on any atom is -0.448 e. The Morgan fingerprint density at radius 2 is 1.55 bits per heavy atom. The Balaban J connectivity index is 0.00000323. The van der Waals surface area contributed by atoms with Gasteiger partial charge in [-0.3, -0.25) is 9.69 Å². The highest BCUT2D eigenvalue weighted by Crippen LogP contribution is 2.49. The van der Waals surface area contributed by atoms with Crippen LogP contribution in [0.1, 0.15) is 28.0 Å². The number of carbonyl (C=O) groups excluding carboxylic acids is 2. The second kappa shape index (κ2) is 12.3. The number of rotatable bonds is 8. The number of ether oxygens (including phenoxy) is 1. The maximum Gasteiger partial charge on any atom is 0.356 e. The van der Waals surface area contributed by atoms with Crippen molar-refractivity contribution in [2.24, 2.45) is 5.73 Å². The Bertz CT molecular complexity index is 1450. The average molecular weight is 593 g/mol. The lowest BCUT2D eigenvalue weighted by Crippen LogP contribution is -2.68. The van der Waals surface area contributed by atoms with Crippen LogP contribution in [0.25, 0.3) is 0 Å². The maximum absolute atomic E-state index is 14.2. The summed E-state index contributed by atoms with van der Waals surface area (Å²) < 4.78 is 6.25. The van der Waals surface area contributed by atoms with Gasteiger partial charge in [-0.25, -0.2) is 4.79 Å². The number of carbonyl (C=O) groups is 2. The molecule has 2 aliphatic heterocycles. The number of hydrogen-bond donors (Lipinski definition) is 2. The summed E-state index contributed by atoms with van der Waals surface area (Å²) in [5, 5.41) is 14.1. The van der Waals surface area contributed by atoms with E-state index in [0.717, 1.165) is 22.3 Å². The van der Waals surface area contributed by atoms with Crippen LogP contribution >= 0.6 is 35.9 Å². The number of thioether (sulfide) groups is 2. The minimum atomic E-state index is -0.668. The molecule has 4 aromatic rings. The number of nitrogens with zero attached hydrogens (tertiary/aromatic N) is 4. The van der Waals surface area contributed by atoms with Crippen molar-refractivity contribution in [3.8, 4) is 0 Å². The molecule has 1 saturated heterocycles. The normalized spacial score (nSPS) is 18.9. The molecule has 0 aliphatic carbocycles. The minimum absolute atomic E-state index is 0. The number of tetrazole rings is 1. The van der Waals surface area contributed by atoms with E-state index in [1.165, 1.54) is 28.4 Å². The van der Waals surface area contributed by atoms with Crippen LogP contribution in [0, 0.1) is 0 Å². The van der Waals surface area contributed by atoms with Crippen LogP contribution in [-0.4, -0.2) is 54.6 Å². The number of aromatic nitrogens is 4. The Labute approximate surface area is 245 Å². The number of hydrogen-bond acceptors (Lipinski definition) is 9. The molecule has 12 heteroatoms. The molecule has 0 saturated carbocycles. The summed E-state index contributed by atoms with van der Waals surface area (Å²) in [4.78, 5) is 28.7. The summed E-state index contributed by atoms with van der Waals surface area (Å²) in [6.07, 6.45) is -0.660. The molecule has 0 radical (unpaired) electrons. The van der Waals surface area contributed by atoms with Crippen molar-refractivity contribution in [3.05, 3.63) is 119 Å². The Morgan fingerprint density at radius 3 is 2.10 bits per heavy atom. The SMILES string of the molecule is Cl.N[C@@H]1C(=O)N2C(C(=O)OC(c3ccccc3)c3ccccc3)=C(C(Sc3nn[nH]n3)c3ccccc3)CS[C@@H]12. The smallest absolute Gasteiger partial charge is 0.356 e. The van der Waals surface area contributed by atoms with Gasteiger partial charge in [0.15, 0.2) is 6.10 Å². The number of β-lactam (4-membered cyclic amide) rings is 1. The zero-order valence-electron chi connectivity index (χ0n) is 21.0. The highest BCUT2D eigenvalue weighted by atomic mass is 35.5. The number of esters is 1. The molecule has 1 unspecified atom stereocenters. The summed E-state index contributed by atoms with van der Waals surface area (Å²) >= 11 is 2.89. The Kier molecular flexibility index (Phi) is 8.55. The number of nitrogens with two attached hydrogens (primary N) is 1. The maximum atomic E-state index is 14.2. The van der Waals surface area contributed by atoms with Crippen molar-refractivity contribution < 1.29 is 14.3 Å². The first-order valence-electron chi connectivity index (χ1n) is 12.3. The monoisotopic (exact) mass is 592 g/mol. The van der Waals surface area contributed by atoms with Crippen LogP contribution in [-0.2, 0) is 14.3 Å². The number of amides is 1. The van der Waals surface area contributed by atoms with Gasteiger partial charge in [-0.15, -0.1) is 34.4 Å². The van der Waals surface area contributed by atoms with Crippen LogP contribution in [0.5, 0.6) is 0 Å². The fraction of sp³-hybridized carbons (Fsp3) is 0.179. The van der Waals surface area contributed by atoms with E-state index in [9.17, 15) is 9.59 Å². The molecule has 6 rings (SSSR count). The molecule has 3 aromatic carbocycles. The summed E-state index contributed by atoms with van der Waals surface area (Å²) in [5.74, 6) is -0.398. The van der Waals surface area contributed by atoms with Crippen molar-refractivity contribution in [2.75, 3.05) is 5.75 Å². The van der Waals surface area contributed by atoms with Crippen LogP contribution in [0.2, 0.25) is 0 Å². The third kappa shape index (κ3) is 5.37. The molecular weight excluding hydrogens is 568 g/mol. The Hall–Kier alpha value is -3.64. The zero-order valence-corrected chi connectivity index (χ0v) is 23.4. The molecule has 9 nitrogen and oxygen atoms in total. The van der Waals surface area contributed by atoms with E-state index in [2.05, 4.69) is 20.6 Å². The number of benzene rings is 3. The van der Waals surface area contributed by atoms with Gasteiger partial charge in [0, 0.05) is 5.75 Å². The number of aromatic amines is 1. The standard InChI is InChI=1S/C28H24N6O3S2.ClH/c29-21-25(35)34-22(27(36)37-23(17-10-4-1-5-11-17)18-12-6-2-7-13-18)20(16-38-26(21)34)24(19-14-8-3-9-15-19)39-28-30-32-33-31-28;/h1-15,21,23-24,26H,16,29H2,(H,30,31,32,33);1H/t21-,24?,26+;/m1./s1. The van der Waals surface area contributed by atoms with Crippen LogP contribution in [0.3, 0.4) is 0 Å². The van der Waals surface area contributed by atoms with Gasteiger partial charge in [-0.1, -0.05) is 103 Å². The van der Waals surface area contributed by atoms with Crippen molar-refractivity contribution in [1.82, 2.24) is 25.5 Å². The van der Waals surface area contributed by atoms with E-state index in [0.29, 0.717) is 10.9 Å². The highest BCUT2D eigenvalue weighted by molar-refractivity contribution is 8.01.